The first kappa shape index (κ1) is 11.0. The van der Waals surface area contributed by atoms with Crippen LogP contribution in [-0.2, 0) is 9.59 Å². The third kappa shape index (κ3) is 2.02. The molecule has 1 fully saturated rings. The fraction of sp³-hybridized carbons (Fsp3) is 0.273. The summed E-state index contributed by atoms with van der Waals surface area (Å²) in [5.74, 6) is -0.890. The van der Waals surface area contributed by atoms with E-state index < -0.39 is 5.91 Å². The van der Waals surface area contributed by atoms with E-state index in [-0.39, 0.29) is 18.2 Å². The number of hydrogen-bond donors (Lipinski definition) is 1. The van der Waals surface area contributed by atoms with Gasteiger partial charge in [0.05, 0.1) is 5.92 Å². The van der Waals surface area contributed by atoms with E-state index in [1.54, 1.807) is 29.2 Å². The van der Waals surface area contributed by atoms with Gasteiger partial charge in [0.1, 0.15) is 0 Å². The summed E-state index contributed by atoms with van der Waals surface area (Å²) in [5.41, 5.74) is 5.93. The smallest absolute Gasteiger partial charge is 0.227 e. The first-order chi connectivity index (χ1) is 7.58. The van der Waals surface area contributed by atoms with Crippen LogP contribution in [0.5, 0.6) is 0 Å². The Hall–Kier alpha value is -1.55. The molecule has 2 amide bonds. The molecule has 0 radical (unpaired) electrons. The van der Waals surface area contributed by atoms with E-state index in [9.17, 15) is 9.59 Å². The maximum Gasteiger partial charge on any atom is 0.227 e. The average Bonchev–Trinajstić information content (AvgIpc) is 2.62. The maximum atomic E-state index is 11.7. The molecule has 0 aliphatic carbocycles. The van der Waals surface area contributed by atoms with Crippen molar-refractivity contribution in [2.45, 2.75) is 6.42 Å². The molecule has 1 atom stereocenters. The van der Waals surface area contributed by atoms with E-state index in [0.717, 1.165) is 5.69 Å². The molecule has 1 aliphatic heterocycles. The van der Waals surface area contributed by atoms with Crippen molar-refractivity contribution in [2.75, 3.05) is 11.4 Å². The lowest BCUT2D eigenvalue weighted by atomic mass is 10.1. The number of benzene rings is 1. The number of nitrogens with zero attached hydrogens (tertiary/aromatic N) is 1. The SMILES string of the molecule is NC(=O)C1CC(=O)N(c2ccc(Cl)cc2)C1. The zero-order chi connectivity index (χ0) is 11.7. The van der Waals surface area contributed by atoms with Gasteiger partial charge in [-0.1, -0.05) is 11.6 Å². The van der Waals surface area contributed by atoms with Crippen LogP contribution in [0, 0.1) is 5.92 Å². The molecule has 0 saturated carbocycles. The largest absolute Gasteiger partial charge is 0.369 e. The average molecular weight is 239 g/mol. The molecule has 0 aromatic heterocycles. The molecular formula is C11H11ClN2O2. The number of anilines is 1. The van der Waals surface area contributed by atoms with E-state index in [1.807, 2.05) is 0 Å². The van der Waals surface area contributed by atoms with Gasteiger partial charge >= 0.3 is 0 Å². The Kier molecular flexibility index (Phi) is 2.83. The Labute approximate surface area is 98.0 Å². The predicted octanol–water partition coefficient (Wildman–Crippen LogP) is 1.18. The van der Waals surface area contributed by atoms with Gasteiger partial charge in [-0.05, 0) is 24.3 Å². The molecule has 1 aromatic rings. The summed E-state index contributed by atoms with van der Waals surface area (Å²) in [6.45, 7) is 0.357. The molecule has 1 saturated heterocycles. The Bertz CT molecular complexity index is 430. The van der Waals surface area contributed by atoms with Crippen LogP contribution in [0.25, 0.3) is 0 Å². The number of halogens is 1. The molecule has 0 spiro atoms. The Morgan fingerprint density at radius 3 is 2.50 bits per heavy atom. The number of rotatable bonds is 2. The van der Waals surface area contributed by atoms with Crippen molar-refractivity contribution in [3.63, 3.8) is 0 Å². The number of hydrogen-bond acceptors (Lipinski definition) is 2. The summed E-state index contributed by atoms with van der Waals surface area (Å²) in [7, 11) is 0. The molecule has 16 heavy (non-hydrogen) atoms. The van der Waals surface area contributed by atoms with E-state index >= 15 is 0 Å². The molecule has 5 heteroatoms. The Morgan fingerprint density at radius 1 is 1.38 bits per heavy atom. The zero-order valence-corrected chi connectivity index (χ0v) is 9.28. The Balaban J connectivity index is 2.20. The van der Waals surface area contributed by atoms with Gasteiger partial charge in [-0.3, -0.25) is 9.59 Å². The van der Waals surface area contributed by atoms with E-state index in [4.69, 9.17) is 17.3 Å². The van der Waals surface area contributed by atoms with Gasteiger partial charge < -0.3 is 10.6 Å². The standard InChI is InChI=1S/C11H11ClN2O2/c12-8-1-3-9(4-2-8)14-6-7(11(13)16)5-10(14)15/h1-4,7H,5-6H2,(H2,13,16). The van der Waals surface area contributed by atoms with Gasteiger partial charge in [-0.15, -0.1) is 0 Å². The number of nitrogens with two attached hydrogens (primary N) is 1. The first-order valence-corrected chi connectivity index (χ1v) is 5.31. The molecule has 1 unspecified atom stereocenters. The van der Waals surface area contributed by atoms with Crippen LogP contribution in [-0.4, -0.2) is 18.4 Å². The second-order valence-corrected chi connectivity index (χ2v) is 4.22. The minimum absolute atomic E-state index is 0.0777. The number of carbonyl (C=O) groups excluding carboxylic acids is 2. The van der Waals surface area contributed by atoms with Crippen LogP contribution in [0.2, 0.25) is 5.02 Å². The van der Waals surface area contributed by atoms with Crippen LogP contribution in [0.4, 0.5) is 5.69 Å². The zero-order valence-electron chi connectivity index (χ0n) is 8.52. The fourth-order valence-electron chi connectivity index (χ4n) is 1.77. The second kappa shape index (κ2) is 4.14. The molecule has 1 aliphatic rings. The molecule has 0 bridgehead atoms. The summed E-state index contributed by atoms with van der Waals surface area (Å²) in [6.07, 6.45) is 0.192. The summed E-state index contributed by atoms with van der Waals surface area (Å²) in [5, 5.41) is 0.613. The first-order valence-electron chi connectivity index (χ1n) is 4.93. The molecule has 1 aromatic carbocycles. The van der Waals surface area contributed by atoms with Gasteiger partial charge in [-0.2, -0.15) is 0 Å². The summed E-state index contributed by atoms with van der Waals surface area (Å²) in [4.78, 5) is 24.2. The van der Waals surface area contributed by atoms with Crippen molar-refractivity contribution in [1.29, 1.82) is 0 Å². The van der Waals surface area contributed by atoms with E-state index in [1.165, 1.54) is 0 Å². The quantitative estimate of drug-likeness (QED) is 0.841. The minimum atomic E-state index is -0.426. The molecule has 4 nitrogen and oxygen atoms in total. The fourth-order valence-corrected chi connectivity index (χ4v) is 1.89. The van der Waals surface area contributed by atoms with Crippen molar-refractivity contribution in [3.05, 3.63) is 29.3 Å². The summed E-state index contributed by atoms with van der Waals surface area (Å²) < 4.78 is 0. The van der Waals surface area contributed by atoms with Crippen molar-refractivity contribution >= 4 is 29.1 Å². The number of primary amides is 1. The summed E-state index contributed by atoms with van der Waals surface area (Å²) >= 11 is 5.76. The van der Waals surface area contributed by atoms with Crippen molar-refractivity contribution in [2.24, 2.45) is 11.7 Å². The number of carbonyl (C=O) groups is 2. The third-order valence-electron chi connectivity index (χ3n) is 2.67. The second-order valence-electron chi connectivity index (χ2n) is 3.78. The normalized spacial score (nSPS) is 20.2. The van der Waals surface area contributed by atoms with Crippen LogP contribution >= 0.6 is 11.6 Å². The van der Waals surface area contributed by atoms with E-state index in [0.29, 0.717) is 11.6 Å². The van der Waals surface area contributed by atoms with Gasteiger partial charge in [-0.25, -0.2) is 0 Å². The summed E-state index contributed by atoms with van der Waals surface area (Å²) in [6, 6.07) is 6.93. The molecular weight excluding hydrogens is 228 g/mol. The van der Waals surface area contributed by atoms with Gasteiger partial charge in [0, 0.05) is 23.7 Å². The highest BCUT2D eigenvalue weighted by Gasteiger charge is 2.33. The topological polar surface area (TPSA) is 63.4 Å². The van der Waals surface area contributed by atoms with Gasteiger partial charge in [0.2, 0.25) is 11.8 Å². The molecule has 1 heterocycles. The number of amides is 2. The lowest BCUT2D eigenvalue weighted by Crippen LogP contribution is -2.28. The van der Waals surface area contributed by atoms with Crippen molar-refractivity contribution in [1.82, 2.24) is 0 Å². The van der Waals surface area contributed by atoms with Crippen LogP contribution in [0.3, 0.4) is 0 Å². The van der Waals surface area contributed by atoms with Crippen LogP contribution in [0.1, 0.15) is 6.42 Å². The van der Waals surface area contributed by atoms with Gasteiger partial charge in [0.25, 0.3) is 0 Å². The lowest BCUT2D eigenvalue weighted by Gasteiger charge is -2.15. The third-order valence-corrected chi connectivity index (χ3v) is 2.92. The molecule has 84 valence electrons. The highest BCUT2D eigenvalue weighted by atomic mass is 35.5. The monoisotopic (exact) mass is 238 g/mol. The lowest BCUT2D eigenvalue weighted by molar-refractivity contribution is -0.123. The van der Waals surface area contributed by atoms with E-state index in [2.05, 4.69) is 0 Å². The maximum absolute atomic E-state index is 11.7. The minimum Gasteiger partial charge on any atom is -0.369 e. The van der Waals surface area contributed by atoms with Crippen molar-refractivity contribution < 1.29 is 9.59 Å². The highest BCUT2D eigenvalue weighted by molar-refractivity contribution is 6.30. The Morgan fingerprint density at radius 2 is 2.00 bits per heavy atom. The molecule has 2 N–H and O–H groups in total. The highest BCUT2D eigenvalue weighted by Crippen LogP contribution is 2.25. The predicted molar refractivity (Wildman–Crippen MR) is 61.1 cm³/mol. The van der Waals surface area contributed by atoms with Crippen LogP contribution < -0.4 is 10.6 Å². The molecule has 2 rings (SSSR count). The van der Waals surface area contributed by atoms with Crippen LogP contribution in [0.15, 0.2) is 24.3 Å². The van der Waals surface area contributed by atoms with Gasteiger partial charge in [0.15, 0.2) is 0 Å². The van der Waals surface area contributed by atoms with Crippen molar-refractivity contribution in [3.8, 4) is 0 Å².